The summed E-state index contributed by atoms with van der Waals surface area (Å²) in [7, 11) is 0. The first-order chi connectivity index (χ1) is 11.5. The summed E-state index contributed by atoms with van der Waals surface area (Å²) < 4.78 is 18.6. The van der Waals surface area contributed by atoms with Crippen LogP contribution in [0.2, 0.25) is 0 Å². The zero-order valence-electron chi connectivity index (χ0n) is 13.7. The van der Waals surface area contributed by atoms with E-state index in [1.807, 2.05) is 31.2 Å². The van der Waals surface area contributed by atoms with Crippen LogP contribution in [-0.4, -0.2) is 18.0 Å². The van der Waals surface area contributed by atoms with E-state index in [-0.39, 0.29) is 12.0 Å². The van der Waals surface area contributed by atoms with E-state index in [0.29, 0.717) is 6.54 Å². The Kier molecular flexibility index (Phi) is 6.07. The van der Waals surface area contributed by atoms with Gasteiger partial charge in [0.15, 0.2) is 6.10 Å². The molecule has 1 atom stereocenters. The molecule has 0 bridgehead atoms. The first-order valence-corrected chi connectivity index (χ1v) is 7.72. The number of nitrogens with one attached hydrogen (secondary N) is 1. The molecule has 4 nitrogen and oxygen atoms in total. The molecule has 0 unspecified atom stereocenters. The molecule has 1 N–H and O–H groups in total. The van der Waals surface area contributed by atoms with Gasteiger partial charge >= 0.3 is 5.97 Å². The van der Waals surface area contributed by atoms with Gasteiger partial charge in [0.2, 0.25) is 0 Å². The fourth-order valence-corrected chi connectivity index (χ4v) is 2.13. The molecule has 0 aliphatic rings. The Labute approximate surface area is 140 Å². The van der Waals surface area contributed by atoms with Gasteiger partial charge in [-0.05, 0) is 31.0 Å². The van der Waals surface area contributed by atoms with Crippen molar-refractivity contribution in [1.29, 1.82) is 0 Å². The van der Waals surface area contributed by atoms with Crippen molar-refractivity contribution < 1.29 is 18.7 Å². The molecule has 24 heavy (non-hydrogen) atoms. The topological polar surface area (TPSA) is 55.4 Å². The van der Waals surface area contributed by atoms with Crippen molar-refractivity contribution >= 4 is 11.9 Å². The summed E-state index contributed by atoms with van der Waals surface area (Å²) in [5.74, 6) is -1.50. The van der Waals surface area contributed by atoms with Crippen LogP contribution in [0.15, 0.2) is 48.5 Å². The number of aryl methyl sites for hydroxylation is 1. The van der Waals surface area contributed by atoms with Crippen LogP contribution in [0.4, 0.5) is 4.39 Å². The maximum atomic E-state index is 13.5. The SMILES string of the molecule is Cc1ccc(CNC(=O)[C@H](C)OC(=O)Cc2ccccc2F)cc1. The van der Waals surface area contributed by atoms with Crippen LogP contribution in [0.3, 0.4) is 0 Å². The van der Waals surface area contributed by atoms with E-state index in [9.17, 15) is 14.0 Å². The molecule has 0 saturated heterocycles. The molecule has 0 saturated carbocycles. The van der Waals surface area contributed by atoms with Gasteiger partial charge in [0.25, 0.3) is 5.91 Å². The van der Waals surface area contributed by atoms with Crippen molar-refractivity contribution in [2.24, 2.45) is 0 Å². The Morgan fingerprint density at radius 2 is 1.79 bits per heavy atom. The Balaban J connectivity index is 1.81. The van der Waals surface area contributed by atoms with Crippen LogP contribution in [0.25, 0.3) is 0 Å². The number of esters is 1. The second-order valence-electron chi connectivity index (χ2n) is 5.60. The number of hydrogen-bond donors (Lipinski definition) is 1. The molecule has 0 spiro atoms. The minimum atomic E-state index is -0.935. The molecule has 0 aromatic heterocycles. The van der Waals surface area contributed by atoms with Gasteiger partial charge in [0.1, 0.15) is 5.82 Å². The van der Waals surface area contributed by atoms with E-state index >= 15 is 0 Å². The third-order valence-electron chi connectivity index (χ3n) is 3.56. The van der Waals surface area contributed by atoms with Gasteiger partial charge in [-0.15, -0.1) is 0 Å². The number of carbonyl (C=O) groups excluding carboxylic acids is 2. The second-order valence-corrected chi connectivity index (χ2v) is 5.60. The molecule has 2 aromatic carbocycles. The number of ether oxygens (including phenoxy) is 1. The van der Waals surface area contributed by atoms with E-state index in [4.69, 9.17) is 4.74 Å². The molecule has 0 heterocycles. The molecule has 2 aromatic rings. The quantitative estimate of drug-likeness (QED) is 0.829. The van der Waals surface area contributed by atoms with Gasteiger partial charge in [-0.25, -0.2) is 4.39 Å². The number of benzene rings is 2. The third-order valence-corrected chi connectivity index (χ3v) is 3.56. The minimum Gasteiger partial charge on any atom is -0.452 e. The van der Waals surface area contributed by atoms with Crippen molar-refractivity contribution in [3.8, 4) is 0 Å². The average molecular weight is 329 g/mol. The first kappa shape index (κ1) is 17.7. The Morgan fingerprint density at radius 1 is 1.12 bits per heavy atom. The van der Waals surface area contributed by atoms with Crippen molar-refractivity contribution in [3.63, 3.8) is 0 Å². The lowest BCUT2D eigenvalue weighted by atomic mass is 10.1. The molecular formula is C19H20FNO3. The lowest BCUT2D eigenvalue weighted by Crippen LogP contribution is -2.35. The maximum absolute atomic E-state index is 13.5. The largest absolute Gasteiger partial charge is 0.452 e. The average Bonchev–Trinajstić information content (AvgIpc) is 2.56. The summed E-state index contributed by atoms with van der Waals surface area (Å²) >= 11 is 0. The Bertz CT molecular complexity index is 713. The van der Waals surface area contributed by atoms with Crippen LogP contribution >= 0.6 is 0 Å². The molecule has 0 radical (unpaired) electrons. The first-order valence-electron chi connectivity index (χ1n) is 7.72. The Morgan fingerprint density at radius 3 is 2.46 bits per heavy atom. The van der Waals surface area contributed by atoms with E-state index < -0.39 is 23.8 Å². The van der Waals surface area contributed by atoms with E-state index in [1.165, 1.54) is 19.1 Å². The summed E-state index contributed by atoms with van der Waals surface area (Å²) in [6, 6.07) is 13.7. The molecule has 0 aliphatic carbocycles. The van der Waals surface area contributed by atoms with Gasteiger partial charge in [-0.1, -0.05) is 48.0 Å². The van der Waals surface area contributed by atoms with Crippen molar-refractivity contribution in [2.75, 3.05) is 0 Å². The molecule has 2 rings (SSSR count). The van der Waals surface area contributed by atoms with Crippen LogP contribution in [0.5, 0.6) is 0 Å². The number of rotatable bonds is 6. The maximum Gasteiger partial charge on any atom is 0.311 e. The lowest BCUT2D eigenvalue weighted by Gasteiger charge is -2.14. The normalized spacial score (nSPS) is 11.6. The number of carbonyl (C=O) groups is 2. The molecule has 5 heteroatoms. The van der Waals surface area contributed by atoms with E-state index in [2.05, 4.69) is 5.32 Å². The zero-order valence-corrected chi connectivity index (χ0v) is 13.7. The van der Waals surface area contributed by atoms with Gasteiger partial charge in [-0.3, -0.25) is 9.59 Å². The summed E-state index contributed by atoms with van der Waals surface area (Å²) in [4.78, 5) is 23.8. The molecule has 0 fully saturated rings. The van der Waals surface area contributed by atoms with Crippen LogP contribution < -0.4 is 5.32 Å². The highest BCUT2D eigenvalue weighted by atomic mass is 19.1. The van der Waals surface area contributed by atoms with Gasteiger partial charge in [0.05, 0.1) is 6.42 Å². The number of amides is 1. The van der Waals surface area contributed by atoms with Crippen molar-refractivity contribution in [2.45, 2.75) is 32.9 Å². The van der Waals surface area contributed by atoms with E-state index in [0.717, 1.165) is 11.1 Å². The standard InChI is InChI=1S/C19H20FNO3/c1-13-7-9-15(10-8-13)12-21-19(23)14(2)24-18(22)11-16-5-3-4-6-17(16)20/h3-10,14H,11-12H2,1-2H3,(H,21,23)/t14-/m0/s1. The molecule has 0 aliphatic heterocycles. The van der Waals surface area contributed by atoms with Gasteiger partial charge in [0, 0.05) is 6.54 Å². The third kappa shape index (κ3) is 5.19. The van der Waals surface area contributed by atoms with Crippen LogP contribution in [0.1, 0.15) is 23.6 Å². The van der Waals surface area contributed by atoms with Gasteiger partial charge in [-0.2, -0.15) is 0 Å². The molecule has 1 amide bonds. The monoisotopic (exact) mass is 329 g/mol. The number of halogens is 1. The summed E-state index contributed by atoms with van der Waals surface area (Å²) in [5, 5.41) is 2.71. The highest BCUT2D eigenvalue weighted by Gasteiger charge is 2.18. The summed E-state index contributed by atoms with van der Waals surface area (Å²) in [6.45, 7) is 3.83. The zero-order chi connectivity index (χ0) is 17.5. The van der Waals surface area contributed by atoms with Gasteiger partial charge < -0.3 is 10.1 Å². The predicted molar refractivity (Wildman–Crippen MR) is 88.7 cm³/mol. The fraction of sp³-hybridized carbons (Fsp3) is 0.263. The summed E-state index contributed by atoms with van der Waals surface area (Å²) in [6.07, 6.45) is -1.14. The predicted octanol–water partition coefficient (Wildman–Crippen LogP) is 2.92. The minimum absolute atomic E-state index is 0.206. The highest BCUT2D eigenvalue weighted by Crippen LogP contribution is 2.09. The molecule has 126 valence electrons. The Hall–Kier alpha value is -2.69. The fourth-order valence-electron chi connectivity index (χ4n) is 2.13. The van der Waals surface area contributed by atoms with Crippen molar-refractivity contribution in [1.82, 2.24) is 5.32 Å². The number of hydrogen-bond acceptors (Lipinski definition) is 3. The van der Waals surface area contributed by atoms with Crippen LogP contribution in [-0.2, 0) is 27.3 Å². The van der Waals surface area contributed by atoms with E-state index in [1.54, 1.807) is 12.1 Å². The van der Waals surface area contributed by atoms with Crippen molar-refractivity contribution in [3.05, 3.63) is 71.0 Å². The second kappa shape index (κ2) is 8.24. The van der Waals surface area contributed by atoms with Crippen LogP contribution in [0, 0.1) is 12.7 Å². The lowest BCUT2D eigenvalue weighted by molar-refractivity contribution is -0.154. The molecular weight excluding hydrogens is 309 g/mol. The summed E-state index contributed by atoms with van der Waals surface area (Å²) in [5.41, 5.74) is 2.34. The smallest absolute Gasteiger partial charge is 0.311 e. The highest BCUT2D eigenvalue weighted by molar-refractivity contribution is 5.83.